The summed E-state index contributed by atoms with van der Waals surface area (Å²) in [5.41, 5.74) is 4.22. The SMILES string of the molecule is CCOC(=O)C(=C=N)/C(=C(\C(=NS(=O)(=O)c1ccc(C)cc1)[n+]1cc(C)cc(C)c1)c1ccccc1)c1ccccc1. The van der Waals surface area contributed by atoms with Gasteiger partial charge in [0.05, 0.1) is 29.0 Å². The van der Waals surface area contributed by atoms with Crippen molar-refractivity contribution in [1.29, 1.82) is 5.41 Å². The molecule has 1 aromatic heterocycles. The molecule has 0 radical (unpaired) electrons. The zero-order valence-electron chi connectivity index (χ0n) is 24.0. The highest BCUT2D eigenvalue weighted by Crippen LogP contribution is 2.33. The van der Waals surface area contributed by atoms with Gasteiger partial charge in [0, 0.05) is 5.57 Å². The molecular weight excluding hydrogens is 546 g/mol. The van der Waals surface area contributed by atoms with Crippen LogP contribution < -0.4 is 4.57 Å². The second-order valence-electron chi connectivity index (χ2n) is 9.70. The molecular formula is C34H32N3O4S+. The fraction of sp³-hybridized carbons (Fsp3) is 0.147. The monoisotopic (exact) mass is 578 g/mol. The van der Waals surface area contributed by atoms with Crippen molar-refractivity contribution in [3.05, 3.63) is 137 Å². The number of sulfonamides is 1. The molecule has 0 atom stereocenters. The Kier molecular flexibility index (Phi) is 9.42. The summed E-state index contributed by atoms with van der Waals surface area (Å²) >= 11 is 0. The molecule has 0 saturated heterocycles. The maximum Gasteiger partial charge on any atom is 0.370 e. The number of rotatable bonds is 8. The summed E-state index contributed by atoms with van der Waals surface area (Å²) in [6.07, 6.45) is 3.56. The highest BCUT2D eigenvalue weighted by atomic mass is 32.2. The molecule has 0 aliphatic heterocycles. The smallest absolute Gasteiger partial charge is 0.370 e. The lowest BCUT2D eigenvalue weighted by Crippen LogP contribution is -2.44. The van der Waals surface area contributed by atoms with Crippen molar-refractivity contribution in [3.8, 4) is 0 Å². The second kappa shape index (κ2) is 13.2. The van der Waals surface area contributed by atoms with Crippen molar-refractivity contribution in [2.75, 3.05) is 6.61 Å². The minimum absolute atomic E-state index is 0.0254. The molecule has 42 heavy (non-hydrogen) atoms. The van der Waals surface area contributed by atoms with Crippen LogP contribution in [0.25, 0.3) is 11.1 Å². The molecule has 1 heterocycles. The molecule has 0 aliphatic rings. The number of hydrogen-bond donors (Lipinski definition) is 1. The molecule has 3 aromatic carbocycles. The zero-order valence-corrected chi connectivity index (χ0v) is 24.8. The van der Waals surface area contributed by atoms with E-state index in [1.165, 1.54) is 12.1 Å². The Morgan fingerprint density at radius 2 is 1.33 bits per heavy atom. The van der Waals surface area contributed by atoms with Crippen molar-refractivity contribution in [2.24, 2.45) is 4.40 Å². The number of allylic oxidation sites excluding steroid dienone is 1. The molecule has 0 spiro atoms. The average molecular weight is 579 g/mol. The average Bonchev–Trinajstić information content (AvgIpc) is 2.97. The third-order valence-electron chi connectivity index (χ3n) is 6.36. The predicted molar refractivity (Wildman–Crippen MR) is 165 cm³/mol. The van der Waals surface area contributed by atoms with Gasteiger partial charge in [-0.2, -0.15) is 8.42 Å². The van der Waals surface area contributed by atoms with E-state index in [1.54, 1.807) is 60.3 Å². The Balaban J connectivity index is 2.23. The van der Waals surface area contributed by atoms with Gasteiger partial charge in [0.2, 0.25) is 0 Å². The summed E-state index contributed by atoms with van der Waals surface area (Å²) in [5.74, 6) is 1.57. The number of nitrogens with one attached hydrogen (secondary N) is 1. The van der Waals surface area contributed by atoms with Crippen LogP contribution in [0.1, 0.15) is 34.7 Å². The van der Waals surface area contributed by atoms with E-state index in [-0.39, 0.29) is 28.5 Å². The number of ether oxygens (including phenoxy) is 1. The molecule has 8 heteroatoms. The maximum atomic E-state index is 13.9. The number of benzene rings is 3. The lowest BCUT2D eigenvalue weighted by molar-refractivity contribution is -0.553. The van der Waals surface area contributed by atoms with Gasteiger partial charge in [-0.3, -0.25) is 5.41 Å². The van der Waals surface area contributed by atoms with Crippen molar-refractivity contribution in [3.63, 3.8) is 0 Å². The summed E-state index contributed by atoms with van der Waals surface area (Å²) in [6, 6.07) is 26.5. The van der Waals surface area contributed by atoms with E-state index in [1.807, 2.05) is 63.2 Å². The summed E-state index contributed by atoms with van der Waals surface area (Å²) in [6.45, 7) is 7.44. The Labute approximate surface area is 246 Å². The molecule has 0 aliphatic carbocycles. The van der Waals surface area contributed by atoms with Crippen LogP contribution in [0.4, 0.5) is 0 Å². The van der Waals surface area contributed by atoms with Gasteiger partial charge >= 0.3 is 21.8 Å². The lowest BCUT2D eigenvalue weighted by atomic mass is 9.88. The highest BCUT2D eigenvalue weighted by Gasteiger charge is 2.34. The highest BCUT2D eigenvalue weighted by molar-refractivity contribution is 7.90. The van der Waals surface area contributed by atoms with Gasteiger partial charge in [-0.1, -0.05) is 78.4 Å². The van der Waals surface area contributed by atoms with Gasteiger partial charge < -0.3 is 4.74 Å². The number of aromatic nitrogens is 1. The first kappa shape index (κ1) is 30.1. The number of nitrogens with zero attached hydrogens (tertiary/aromatic N) is 2. The maximum absolute atomic E-state index is 13.9. The Bertz CT molecular complexity index is 1800. The van der Waals surface area contributed by atoms with E-state index in [4.69, 9.17) is 10.1 Å². The van der Waals surface area contributed by atoms with Crippen LogP contribution in [0.5, 0.6) is 0 Å². The Hall–Kier alpha value is -4.91. The fourth-order valence-corrected chi connectivity index (χ4v) is 5.56. The minimum atomic E-state index is -4.24. The molecule has 7 nitrogen and oxygen atoms in total. The van der Waals surface area contributed by atoms with Crippen LogP contribution in [-0.2, 0) is 19.6 Å². The molecule has 0 unspecified atom stereocenters. The van der Waals surface area contributed by atoms with E-state index in [0.717, 1.165) is 16.7 Å². The number of esters is 1. The third kappa shape index (κ3) is 6.86. The minimum Gasteiger partial charge on any atom is -0.462 e. The Morgan fingerprint density at radius 1 is 0.810 bits per heavy atom. The van der Waals surface area contributed by atoms with Crippen LogP contribution in [0.2, 0.25) is 0 Å². The van der Waals surface area contributed by atoms with Crippen LogP contribution in [0.15, 0.2) is 118 Å². The molecule has 0 bridgehead atoms. The van der Waals surface area contributed by atoms with E-state index in [2.05, 4.69) is 10.3 Å². The normalized spacial score (nSPS) is 12.2. The molecule has 0 saturated carbocycles. The summed E-state index contributed by atoms with van der Waals surface area (Å²) in [5, 5.41) is 8.17. The van der Waals surface area contributed by atoms with Gasteiger partial charge in [0.15, 0.2) is 0 Å². The number of aryl methyl sites for hydroxylation is 3. The van der Waals surface area contributed by atoms with Crippen LogP contribution >= 0.6 is 0 Å². The summed E-state index contributed by atoms with van der Waals surface area (Å²) < 4.78 is 39.2. The summed E-state index contributed by atoms with van der Waals surface area (Å²) in [4.78, 5) is 13.3. The van der Waals surface area contributed by atoms with E-state index in [0.29, 0.717) is 16.7 Å². The van der Waals surface area contributed by atoms with Crippen molar-refractivity contribution < 1.29 is 22.5 Å². The topological polar surface area (TPSA) is 101 Å². The Morgan fingerprint density at radius 3 is 1.83 bits per heavy atom. The number of carbonyl (C=O) groups excluding carboxylic acids is 1. The van der Waals surface area contributed by atoms with Gasteiger partial charge in [-0.15, -0.1) is 0 Å². The van der Waals surface area contributed by atoms with Crippen LogP contribution in [0.3, 0.4) is 0 Å². The predicted octanol–water partition coefficient (Wildman–Crippen LogP) is 5.88. The molecule has 1 N–H and O–H groups in total. The number of pyridine rings is 1. The molecule has 0 fully saturated rings. The standard InChI is InChI=1S/C34H32N3O4S/c1-5-41-34(38)30(21-35)31(27-12-8-6-9-13-27)32(28-14-10-7-11-15-28)33(37-22-25(3)20-26(4)23-37)36-42(39,40)29-18-16-24(2)17-19-29/h6-20,22-23,35H,5H2,1-4H3/q+1/b32-31-,36-33?. The summed E-state index contributed by atoms with van der Waals surface area (Å²) in [7, 11) is -4.24. The van der Waals surface area contributed by atoms with E-state index >= 15 is 0 Å². The number of hydrogen-bond acceptors (Lipinski definition) is 5. The number of carbonyl (C=O) groups is 1. The van der Waals surface area contributed by atoms with Gasteiger partial charge in [0.1, 0.15) is 10.5 Å². The largest absolute Gasteiger partial charge is 0.462 e. The third-order valence-corrected chi connectivity index (χ3v) is 7.65. The van der Waals surface area contributed by atoms with Crippen LogP contribution in [0, 0.1) is 26.2 Å². The first-order valence-electron chi connectivity index (χ1n) is 13.4. The molecule has 4 aromatic rings. The molecule has 4 rings (SSSR count). The second-order valence-corrected chi connectivity index (χ2v) is 11.3. The van der Waals surface area contributed by atoms with Crippen LogP contribution in [-0.4, -0.2) is 32.7 Å². The lowest BCUT2D eigenvalue weighted by Gasteiger charge is -2.16. The van der Waals surface area contributed by atoms with E-state index < -0.39 is 16.0 Å². The fourth-order valence-electron chi connectivity index (χ4n) is 4.56. The first-order chi connectivity index (χ1) is 20.1. The molecule has 212 valence electrons. The first-order valence-corrected chi connectivity index (χ1v) is 14.8. The van der Waals surface area contributed by atoms with Gasteiger partial charge in [-0.25, -0.2) is 9.36 Å². The van der Waals surface area contributed by atoms with Crippen molar-refractivity contribution in [1.82, 2.24) is 0 Å². The van der Waals surface area contributed by atoms with E-state index in [9.17, 15) is 13.2 Å². The van der Waals surface area contributed by atoms with Gasteiger partial charge in [0.25, 0.3) is 0 Å². The van der Waals surface area contributed by atoms with Crippen molar-refractivity contribution in [2.45, 2.75) is 32.6 Å². The quantitative estimate of drug-likeness (QED) is 0.0536. The molecule has 0 amide bonds. The van der Waals surface area contributed by atoms with Crippen molar-refractivity contribution >= 4 is 38.8 Å². The zero-order chi connectivity index (χ0) is 30.3. The van der Waals surface area contributed by atoms with Gasteiger partial charge in [-0.05, 0) is 74.0 Å².